The lowest BCUT2D eigenvalue weighted by Gasteiger charge is -2.37. The first kappa shape index (κ1) is 18.6. The highest BCUT2D eigenvalue weighted by molar-refractivity contribution is 6.73. The van der Waals surface area contributed by atoms with E-state index < -0.39 is 14.1 Å². The van der Waals surface area contributed by atoms with E-state index in [1.165, 1.54) is 0 Å². The number of hydrogen-bond acceptors (Lipinski definition) is 4. The van der Waals surface area contributed by atoms with Crippen molar-refractivity contribution in [1.29, 1.82) is 0 Å². The lowest BCUT2D eigenvalue weighted by atomic mass is 10.1. The standard InChI is InChI=1S/C19H28O4Si/c1-6-24(7-2,8-3)23-18-16(14-15-12-10-9-11-13-15)17(20)21-19(4,5)22-18/h9-13H,6-8,14H2,1-5H3. The quantitative estimate of drug-likeness (QED) is 0.526. The monoisotopic (exact) mass is 348 g/mol. The number of carbonyl (C=O) groups excluding carboxylic acids is 1. The maximum absolute atomic E-state index is 12.6. The second kappa shape index (κ2) is 7.43. The molecule has 0 aromatic heterocycles. The Morgan fingerprint density at radius 3 is 2.12 bits per heavy atom. The van der Waals surface area contributed by atoms with Gasteiger partial charge in [-0.05, 0) is 23.7 Å². The molecule has 4 nitrogen and oxygen atoms in total. The first-order valence-corrected chi connectivity index (χ1v) is 11.3. The number of hydrogen-bond donors (Lipinski definition) is 0. The summed E-state index contributed by atoms with van der Waals surface area (Å²) in [7, 11) is -1.95. The van der Waals surface area contributed by atoms with Gasteiger partial charge in [0.05, 0.1) is 0 Å². The van der Waals surface area contributed by atoms with Crippen LogP contribution in [0.4, 0.5) is 0 Å². The highest BCUT2D eigenvalue weighted by atomic mass is 28.4. The second-order valence-electron chi connectivity index (χ2n) is 6.67. The molecule has 0 amide bonds. The van der Waals surface area contributed by atoms with Crippen LogP contribution in [0.2, 0.25) is 18.1 Å². The Hall–Kier alpha value is -1.75. The first-order valence-electron chi connectivity index (χ1n) is 8.73. The van der Waals surface area contributed by atoms with Crippen molar-refractivity contribution in [2.24, 2.45) is 0 Å². The molecule has 24 heavy (non-hydrogen) atoms. The number of esters is 1. The van der Waals surface area contributed by atoms with E-state index in [4.69, 9.17) is 13.9 Å². The van der Waals surface area contributed by atoms with E-state index in [1.54, 1.807) is 13.8 Å². The molecule has 0 spiro atoms. The van der Waals surface area contributed by atoms with Crippen LogP contribution < -0.4 is 0 Å². The van der Waals surface area contributed by atoms with E-state index in [1.807, 2.05) is 30.3 Å². The van der Waals surface area contributed by atoms with Gasteiger partial charge in [-0.25, -0.2) is 4.79 Å². The Bertz CT molecular complexity index is 595. The van der Waals surface area contributed by atoms with Crippen LogP contribution in [0, 0.1) is 0 Å². The molecule has 1 aromatic carbocycles. The van der Waals surface area contributed by atoms with Crippen molar-refractivity contribution in [1.82, 2.24) is 0 Å². The van der Waals surface area contributed by atoms with Gasteiger partial charge in [0.15, 0.2) is 0 Å². The van der Waals surface area contributed by atoms with Gasteiger partial charge in [0.1, 0.15) is 5.57 Å². The van der Waals surface area contributed by atoms with Crippen LogP contribution in [0.1, 0.15) is 40.2 Å². The van der Waals surface area contributed by atoms with E-state index in [9.17, 15) is 4.79 Å². The predicted octanol–water partition coefficient (Wildman–Crippen LogP) is 4.77. The zero-order valence-electron chi connectivity index (χ0n) is 15.3. The van der Waals surface area contributed by atoms with Gasteiger partial charge >= 0.3 is 5.97 Å². The number of ether oxygens (including phenoxy) is 2. The number of cyclic esters (lactones) is 1. The fraction of sp³-hybridized carbons (Fsp3) is 0.526. The molecule has 132 valence electrons. The van der Waals surface area contributed by atoms with Crippen LogP contribution in [-0.2, 0) is 25.1 Å². The number of benzene rings is 1. The lowest BCUT2D eigenvalue weighted by molar-refractivity contribution is -0.220. The van der Waals surface area contributed by atoms with E-state index in [0.717, 1.165) is 23.7 Å². The van der Waals surface area contributed by atoms with E-state index >= 15 is 0 Å². The topological polar surface area (TPSA) is 44.8 Å². The Kier molecular flexibility index (Phi) is 5.75. The molecule has 1 aromatic rings. The molecule has 0 aliphatic carbocycles. The van der Waals surface area contributed by atoms with Crippen molar-refractivity contribution in [3.05, 3.63) is 47.4 Å². The van der Waals surface area contributed by atoms with Gasteiger partial charge < -0.3 is 13.9 Å². The summed E-state index contributed by atoms with van der Waals surface area (Å²) in [5.74, 6) is -0.976. The molecular formula is C19H28O4Si. The number of rotatable bonds is 7. The van der Waals surface area contributed by atoms with Crippen molar-refractivity contribution in [2.45, 2.75) is 65.0 Å². The van der Waals surface area contributed by atoms with Gasteiger partial charge in [0.25, 0.3) is 20.0 Å². The third-order valence-corrected chi connectivity index (χ3v) is 9.12. The molecule has 0 saturated heterocycles. The zero-order chi connectivity index (χ0) is 17.8. The molecule has 0 atom stereocenters. The molecule has 5 heteroatoms. The van der Waals surface area contributed by atoms with Crippen LogP contribution in [-0.4, -0.2) is 20.1 Å². The molecule has 0 unspecified atom stereocenters. The molecule has 1 aliphatic rings. The molecular weight excluding hydrogens is 320 g/mol. The fourth-order valence-corrected chi connectivity index (χ4v) is 5.35. The summed E-state index contributed by atoms with van der Waals surface area (Å²) in [5.41, 5.74) is 1.51. The minimum Gasteiger partial charge on any atom is -0.518 e. The lowest BCUT2D eigenvalue weighted by Crippen LogP contribution is -2.43. The van der Waals surface area contributed by atoms with Gasteiger partial charge in [-0.15, -0.1) is 0 Å². The average molecular weight is 349 g/mol. The summed E-state index contributed by atoms with van der Waals surface area (Å²) in [5, 5.41) is 0. The Balaban J connectivity index is 2.40. The average Bonchev–Trinajstić information content (AvgIpc) is 2.56. The Morgan fingerprint density at radius 1 is 1.00 bits per heavy atom. The van der Waals surface area contributed by atoms with Gasteiger partial charge in [-0.3, -0.25) is 0 Å². The molecule has 0 N–H and O–H groups in total. The van der Waals surface area contributed by atoms with Crippen molar-refractivity contribution < 1.29 is 18.7 Å². The molecule has 0 bridgehead atoms. The Morgan fingerprint density at radius 2 is 1.58 bits per heavy atom. The van der Waals surface area contributed by atoms with Crippen molar-refractivity contribution in [3.8, 4) is 0 Å². The van der Waals surface area contributed by atoms with Crippen molar-refractivity contribution >= 4 is 14.3 Å². The summed E-state index contributed by atoms with van der Waals surface area (Å²) in [6.07, 6.45) is 0.451. The molecule has 1 aliphatic heterocycles. The molecule has 1 heterocycles. The van der Waals surface area contributed by atoms with Crippen molar-refractivity contribution in [3.63, 3.8) is 0 Å². The summed E-state index contributed by atoms with van der Waals surface area (Å²) < 4.78 is 17.8. The van der Waals surface area contributed by atoms with E-state index in [-0.39, 0.29) is 5.97 Å². The molecule has 0 saturated carbocycles. The summed E-state index contributed by atoms with van der Waals surface area (Å²) in [6, 6.07) is 12.8. The minimum atomic E-state index is -1.95. The smallest absolute Gasteiger partial charge is 0.344 e. The summed E-state index contributed by atoms with van der Waals surface area (Å²) in [4.78, 5) is 12.6. The third kappa shape index (κ3) is 4.20. The fourth-order valence-electron chi connectivity index (χ4n) is 2.86. The predicted molar refractivity (Wildman–Crippen MR) is 96.7 cm³/mol. The maximum Gasteiger partial charge on any atom is 0.344 e. The Labute approximate surface area is 145 Å². The summed E-state index contributed by atoms with van der Waals surface area (Å²) >= 11 is 0. The molecule has 2 rings (SSSR count). The highest BCUT2D eigenvalue weighted by Gasteiger charge is 2.41. The highest BCUT2D eigenvalue weighted by Crippen LogP contribution is 2.34. The van der Waals surface area contributed by atoms with Crippen molar-refractivity contribution in [2.75, 3.05) is 0 Å². The number of carbonyl (C=O) groups is 1. The first-order chi connectivity index (χ1) is 11.3. The second-order valence-corrected chi connectivity index (χ2v) is 11.4. The molecule has 0 radical (unpaired) electrons. The van der Waals surface area contributed by atoms with Gasteiger partial charge in [0, 0.05) is 20.3 Å². The normalized spacial score (nSPS) is 17.3. The molecule has 0 fully saturated rings. The van der Waals surface area contributed by atoms with Gasteiger partial charge in [0.2, 0.25) is 0 Å². The maximum atomic E-state index is 12.6. The minimum absolute atomic E-state index is 0.351. The van der Waals surface area contributed by atoms with Crippen LogP contribution in [0.5, 0.6) is 0 Å². The van der Waals surface area contributed by atoms with Crippen LogP contribution in [0.15, 0.2) is 41.9 Å². The van der Waals surface area contributed by atoms with Gasteiger partial charge in [-0.2, -0.15) is 0 Å². The largest absolute Gasteiger partial charge is 0.518 e. The van der Waals surface area contributed by atoms with E-state index in [2.05, 4.69) is 20.8 Å². The summed E-state index contributed by atoms with van der Waals surface area (Å²) in [6.45, 7) is 9.94. The zero-order valence-corrected chi connectivity index (χ0v) is 16.3. The SMILES string of the molecule is CC[Si](CC)(CC)OC1=C(Cc2ccccc2)C(=O)OC(C)(C)O1. The van der Waals surface area contributed by atoms with Gasteiger partial charge in [-0.1, -0.05) is 51.1 Å². The van der Waals surface area contributed by atoms with Crippen LogP contribution in [0.3, 0.4) is 0 Å². The third-order valence-electron chi connectivity index (χ3n) is 4.64. The van der Waals surface area contributed by atoms with E-state index in [0.29, 0.717) is 17.9 Å². The van der Waals surface area contributed by atoms with Crippen LogP contribution in [0.25, 0.3) is 0 Å². The van der Waals surface area contributed by atoms with Crippen LogP contribution >= 0.6 is 0 Å².